The molecule has 5 nitrogen and oxygen atoms in total. The number of H-pyrrole nitrogens is 2. The largest absolute Gasteiger partial charge is 0.497 e. The van der Waals surface area contributed by atoms with Crippen molar-refractivity contribution in [2.45, 2.75) is 38.5 Å². The molecule has 1 unspecified atom stereocenters. The van der Waals surface area contributed by atoms with Crippen LogP contribution in [0, 0.1) is 24.4 Å². The van der Waals surface area contributed by atoms with Crippen molar-refractivity contribution < 1.29 is 17.9 Å². The highest BCUT2D eigenvalue weighted by molar-refractivity contribution is 6.09. The molecule has 3 aromatic carbocycles. The van der Waals surface area contributed by atoms with Gasteiger partial charge in [-0.05, 0) is 85.0 Å². The van der Waals surface area contributed by atoms with Gasteiger partial charge in [0.15, 0.2) is 11.6 Å². The number of rotatable bonds is 6. The molecule has 0 saturated carbocycles. The molecule has 0 radical (unpaired) electrons. The highest BCUT2D eigenvalue weighted by Crippen LogP contribution is 2.37. The molecule has 2 N–H and O–H groups in total. The van der Waals surface area contributed by atoms with Gasteiger partial charge in [0.1, 0.15) is 11.6 Å². The lowest BCUT2D eigenvalue weighted by atomic mass is 9.84. The quantitative estimate of drug-likeness (QED) is 0.212. The molecule has 0 amide bonds. The van der Waals surface area contributed by atoms with Crippen LogP contribution < -0.4 is 4.74 Å². The zero-order chi connectivity index (χ0) is 28.2. The lowest BCUT2D eigenvalue weighted by Gasteiger charge is -2.23. The van der Waals surface area contributed by atoms with Gasteiger partial charge in [-0.1, -0.05) is 12.1 Å². The lowest BCUT2D eigenvalue weighted by molar-refractivity contribution is 0.415. The van der Waals surface area contributed by atoms with Gasteiger partial charge in [-0.25, -0.2) is 13.2 Å². The first kappa shape index (κ1) is 25.6. The van der Waals surface area contributed by atoms with Crippen LogP contribution in [-0.2, 0) is 12.8 Å². The van der Waals surface area contributed by atoms with Crippen molar-refractivity contribution in [3.8, 4) is 5.75 Å². The van der Waals surface area contributed by atoms with Crippen molar-refractivity contribution in [3.63, 3.8) is 0 Å². The molecular weight excluding hydrogens is 525 g/mol. The smallest absolute Gasteiger partial charge is 0.161 e. The number of benzene rings is 3. The molecule has 0 bridgehead atoms. The van der Waals surface area contributed by atoms with Crippen LogP contribution in [0.5, 0.6) is 5.75 Å². The van der Waals surface area contributed by atoms with Crippen LogP contribution in [0.15, 0.2) is 58.5 Å². The van der Waals surface area contributed by atoms with Gasteiger partial charge in [0.2, 0.25) is 0 Å². The molecule has 8 heteroatoms. The number of fused-ring (bicyclic) bond motifs is 6. The van der Waals surface area contributed by atoms with Gasteiger partial charge in [0.25, 0.3) is 0 Å². The Morgan fingerprint density at radius 1 is 0.756 bits per heavy atom. The molecule has 41 heavy (non-hydrogen) atoms. The van der Waals surface area contributed by atoms with E-state index in [4.69, 9.17) is 14.7 Å². The van der Waals surface area contributed by atoms with Crippen molar-refractivity contribution in [2.75, 3.05) is 20.2 Å². The summed E-state index contributed by atoms with van der Waals surface area (Å²) in [4.78, 5) is 16.7. The van der Waals surface area contributed by atoms with E-state index in [1.165, 1.54) is 5.56 Å². The molecule has 2 aromatic heterocycles. The summed E-state index contributed by atoms with van der Waals surface area (Å²) in [7, 11) is 1.63. The van der Waals surface area contributed by atoms with Crippen LogP contribution in [0.2, 0.25) is 0 Å². The van der Waals surface area contributed by atoms with Crippen molar-refractivity contribution in [1.82, 2.24) is 9.97 Å². The van der Waals surface area contributed by atoms with E-state index in [0.29, 0.717) is 32.0 Å². The normalized spacial score (nSPS) is 15.4. The van der Waals surface area contributed by atoms with Crippen molar-refractivity contribution >= 4 is 33.2 Å². The van der Waals surface area contributed by atoms with E-state index in [9.17, 15) is 8.78 Å². The molecule has 7 rings (SSSR count). The maximum Gasteiger partial charge on any atom is 0.161 e. The van der Waals surface area contributed by atoms with Crippen LogP contribution in [0.25, 0.3) is 21.8 Å². The zero-order valence-corrected chi connectivity index (χ0v) is 22.9. The summed E-state index contributed by atoms with van der Waals surface area (Å²) in [6.45, 7) is 3.27. The fourth-order valence-corrected chi connectivity index (χ4v) is 6.45. The van der Waals surface area contributed by atoms with E-state index in [0.717, 1.165) is 80.4 Å². The van der Waals surface area contributed by atoms with E-state index in [2.05, 4.69) is 35.1 Å². The van der Waals surface area contributed by atoms with Crippen LogP contribution >= 0.6 is 0 Å². The number of nitrogens with one attached hydrogen (secondary N) is 2. The molecule has 5 aromatic rings. The number of hydrogen-bond acceptors (Lipinski definition) is 3. The molecule has 208 valence electrons. The number of nitrogens with zero attached hydrogens (tertiary/aromatic N) is 2. The van der Waals surface area contributed by atoms with Crippen molar-refractivity contribution in [2.24, 2.45) is 9.98 Å². The summed E-state index contributed by atoms with van der Waals surface area (Å²) in [5, 5.41) is 2.25. The maximum absolute atomic E-state index is 15.3. The highest BCUT2D eigenvalue weighted by Gasteiger charge is 2.29. The summed E-state index contributed by atoms with van der Waals surface area (Å²) in [5.74, 6) is -2.81. The second kappa shape index (κ2) is 9.94. The van der Waals surface area contributed by atoms with Crippen molar-refractivity contribution in [1.29, 1.82) is 0 Å². The van der Waals surface area contributed by atoms with Gasteiger partial charge >= 0.3 is 0 Å². The lowest BCUT2D eigenvalue weighted by Crippen LogP contribution is -2.21. The molecule has 0 fully saturated rings. The summed E-state index contributed by atoms with van der Waals surface area (Å²) in [5.41, 5.74) is 9.04. The predicted molar refractivity (Wildman–Crippen MR) is 156 cm³/mol. The van der Waals surface area contributed by atoms with Gasteiger partial charge in [-0.2, -0.15) is 0 Å². The first-order valence-electron chi connectivity index (χ1n) is 13.9. The van der Waals surface area contributed by atoms with Gasteiger partial charge < -0.3 is 14.7 Å². The molecule has 0 spiro atoms. The Bertz CT molecular complexity index is 1900. The van der Waals surface area contributed by atoms with Gasteiger partial charge in [0.05, 0.1) is 29.9 Å². The fourth-order valence-electron chi connectivity index (χ4n) is 6.45. The predicted octanol–water partition coefficient (Wildman–Crippen LogP) is 7.34. The molecule has 2 aliphatic rings. The van der Waals surface area contributed by atoms with Crippen LogP contribution in [0.4, 0.5) is 13.2 Å². The Hall–Kier alpha value is -4.33. The number of aryl methyl sites for hydroxylation is 1. The molecule has 0 saturated heterocycles. The second-order valence-corrected chi connectivity index (χ2v) is 11.0. The van der Waals surface area contributed by atoms with E-state index >= 15 is 4.39 Å². The minimum Gasteiger partial charge on any atom is -0.497 e. The average molecular weight is 555 g/mol. The minimum absolute atomic E-state index is 0.123. The average Bonchev–Trinajstić information content (AvgIpc) is 3.53. The SMILES string of the molecule is COc1ccc2c3c([nH]c2c1)C(CC(CC1=NCCc2c1[nH]c1cc(C)ccc21)c1cc(F)c(F)cc1F)=NCC3. The standard InChI is InChI=1S/C33H29F3N4O/c1-17-3-5-20-22-7-9-37-30(32(22)39-28(20)11-17)12-18(24-15-26(35)27(36)16-25(24)34)13-31-33-23(8-10-38-31)21-6-4-19(41-2)14-29(21)40-33/h3-6,11,14-16,18,39-40H,7-10,12-13H2,1-2H3. The highest BCUT2D eigenvalue weighted by atomic mass is 19.2. The summed E-state index contributed by atoms with van der Waals surface area (Å²) >= 11 is 0. The Kier molecular flexibility index (Phi) is 6.21. The number of hydrogen-bond donors (Lipinski definition) is 2. The Balaban J connectivity index is 1.30. The number of aromatic amines is 2. The first-order chi connectivity index (χ1) is 19.9. The van der Waals surface area contributed by atoms with E-state index < -0.39 is 23.4 Å². The third-order valence-corrected chi connectivity index (χ3v) is 8.44. The molecule has 0 aliphatic carbocycles. The van der Waals surface area contributed by atoms with Crippen LogP contribution in [0.1, 0.15) is 52.4 Å². The zero-order valence-electron chi connectivity index (χ0n) is 22.9. The molecule has 1 atom stereocenters. The number of ether oxygens (including phenoxy) is 1. The monoisotopic (exact) mass is 554 g/mol. The Morgan fingerprint density at radius 2 is 1.34 bits per heavy atom. The topological polar surface area (TPSA) is 65.5 Å². The van der Waals surface area contributed by atoms with Gasteiger partial charge in [-0.3, -0.25) is 9.98 Å². The molecular formula is C33H29F3N4O. The number of methoxy groups -OCH3 is 1. The maximum atomic E-state index is 15.3. The van der Waals surface area contributed by atoms with E-state index in [1.54, 1.807) is 7.11 Å². The summed E-state index contributed by atoms with van der Waals surface area (Å²) in [6.07, 6.45) is 2.27. The molecule has 2 aliphatic heterocycles. The van der Waals surface area contributed by atoms with Crippen LogP contribution in [-0.4, -0.2) is 41.6 Å². The summed E-state index contributed by atoms with van der Waals surface area (Å²) < 4.78 is 49.2. The van der Waals surface area contributed by atoms with E-state index in [-0.39, 0.29) is 5.56 Å². The number of aliphatic imine (C=N–C) groups is 2. The fraction of sp³-hybridized carbons (Fsp3) is 0.273. The summed E-state index contributed by atoms with van der Waals surface area (Å²) in [6, 6.07) is 13.9. The Labute approximate surface area is 235 Å². The minimum atomic E-state index is -1.20. The molecule has 4 heterocycles. The third kappa shape index (κ3) is 4.42. The van der Waals surface area contributed by atoms with Crippen molar-refractivity contribution in [3.05, 3.63) is 99.6 Å². The second-order valence-electron chi connectivity index (χ2n) is 11.0. The van der Waals surface area contributed by atoms with Crippen LogP contribution in [0.3, 0.4) is 0 Å². The first-order valence-corrected chi connectivity index (χ1v) is 13.9. The number of halogens is 3. The third-order valence-electron chi connectivity index (χ3n) is 8.44. The number of aromatic nitrogens is 2. The Morgan fingerprint density at radius 3 is 1.98 bits per heavy atom. The van der Waals surface area contributed by atoms with E-state index in [1.807, 2.05) is 18.2 Å². The van der Waals surface area contributed by atoms with Gasteiger partial charge in [0, 0.05) is 47.0 Å². The van der Waals surface area contributed by atoms with Gasteiger partial charge in [-0.15, -0.1) is 0 Å².